The first-order chi connectivity index (χ1) is 16.4. The molecule has 1 amide bonds. The van der Waals surface area contributed by atoms with E-state index in [-0.39, 0.29) is 12.0 Å². The van der Waals surface area contributed by atoms with Crippen LogP contribution in [0.15, 0.2) is 58.4 Å². The minimum Gasteiger partial charge on any atom is -0.493 e. The van der Waals surface area contributed by atoms with Crippen LogP contribution in [0, 0.1) is 0 Å². The van der Waals surface area contributed by atoms with E-state index < -0.39 is 12.1 Å². The molecule has 2 aliphatic rings. The molecule has 8 nitrogen and oxygen atoms in total. The quantitative estimate of drug-likeness (QED) is 0.559. The van der Waals surface area contributed by atoms with Crippen LogP contribution < -0.4 is 9.47 Å². The van der Waals surface area contributed by atoms with Gasteiger partial charge in [0.2, 0.25) is 0 Å². The number of hydrogen-bond donors (Lipinski definition) is 1. The lowest BCUT2D eigenvalue weighted by molar-refractivity contribution is -0.144. The Labute approximate surface area is 202 Å². The highest BCUT2D eigenvalue weighted by Gasteiger charge is 2.36. The Morgan fingerprint density at radius 2 is 2.09 bits per heavy atom. The first kappa shape index (κ1) is 23.8. The van der Waals surface area contributed by atoms with Gasteiger partial charge in [-0.1, -0.05) is 24.3 Å². The van der Waals surface area contributed by atoms with Crippen LogP contribution in [0.1, 0.15) is 25.3 Å². The van der Waals surface area contributed by atoms with Gasteiger partial charge in [-0.05, 0) is 67.4 Å². The van der Waals surface area contributed by atoms with Crippen molar-refractivity contribution in [2.75, 3.05) is 20.3 Å². The van der Waals surface area contributed by atoms with Crippen molar-refractivity contribution in [2.45, 2.75) is 32.0 Å². The van der Waals surface area contributed by atoms with Gasteiger partial charge in [0.25, 0.3) is 5.91 Å². The first-order valence-electron chi connectivity index (χ1n) is 11.0. The van der Waals surface area contributed by atoms with Gasteiger partial charge in [-0.2, -0.15) is 0 Å². The molecule has 34 heavy (non-hydrogen) atoms. The fraction of sp³-hybridized carbons (Fsp3) is 0.320. The van der Waals surface area contributed by atoms with Crippen molar-refractivity contribution in [3.8, 4) is 11.5 Å². The van der Waals surface area contributed by atoms with E-state index in [0.29, 0.717) is 34.7 Å². The summed E-state index contributed by atoms with van der Waals surface area (Å²) < 4.78 is 16.6. The molecule has 2 saturated heterocycles. The maximum atomic E-state index is 13.3. The Morgan fingerprint density at radius 1 is 1.29 bits per heavy atom. The summed E-state index contributed by atoms with van der Waals surface area (Å²) in [5.74, 6) is -0.504. The van der Waals surface area contributed by atoms with Crippen LogP contribution >= 0.6 is 11.8 Å². The Balaban J connectivity index is 1.61. The maximum absolute atomic E-state index is 13.3. The van der Waals surface area contributed by atoms with Crippen molar-refractivity contribution >= 4 is 40.6 Å². The van der Waals surface area contributed by atoms with Gasteiger partial charge in [0.1, 0.15) is 0 Å². The molecule has 2 aromatic rings. The number of hydrogen-bond acceptors (Lipinski definition) is 7. The van der Waals surface area contributed by atoms with Crippen LogP contribution in [-0.4, -0.2) is 59.5 Å². The van der Waals surface area contributed by atoms with E-state index in [1.54, 1.807) is 29.2 Å². The number of para-hydroxylation sites is 1. The molecule has 0 spiro atoms. The average molecular weight is 483 g/mol. The molecule has 2 aromatic carbocycles. The predicted octanol–water partition coefficient (Wildman–Crippen LogP) is 4.33. The molecule has 178 valence electrons. The average Bonchev–Trinajstić information content (AvgIpc) is 3.45. The van der Waals surface area contributed by atoms with Crippen molar-refractivity contribution < 1.29 is 28.9 Å². The third-order valence-corrected chi connectivity index (χ3v) is 6.42. The summed E-state index contributed by atoms with van der Waals surface area (Å²) in [6, 6.07) is 14.6. The zero-order valence-electron chi connectivity index (χ0n) is 19.0. The topological polar surface area (TPSA) is 97.7 Å². The minimum absolute atomic E-state index is 0.00220. The van der Waals surface area contributed by atoms with Crippen molar-refractivity contribution in [3.63, 3.8) is 0 Å². The van der Waals surface area contributed by atoms with Crippen molar-refractivity contribution in [2.24, 2.45) is 4.99 Å². The molecule has 2 fully saturated rings. The molecular weight excluding hydrogens is 456 g/mol. The molecule has 9 heteroatoms. The van der Waals surface area contributed by atoms with Gasteiger partial charge in [-0.25, -0.2) is 9.79 Å². The minimum atomic E-state index is -1.07. The van der Waals surface area contributed by atoms with E-state index in [0.717, 1.165) is 24.1 Å². The van der Waals surface area contributed by atoms with Gasteiger partial charge >= 0.3 is 5.97 Å². The van der Waals surface area contributed by atoms with Gasteiger partial charge < -0.3 is 19.3 Å². The second-order valence-electron chi connectivity index (χ2n) is 7.90. The summed E-state index contributed by atoms with van der Waals surface area (Å²) in [6.07, 6.45) is 2.66. The number of nitrogens with zero attached hydrogens (tertiary/aromatic N) is 2. The van der Waals surface area contributed by atoms with E-state index in [4.69, 9.17) is 24.3 Å². The zero-order chi connectivity index (χ0) is 24.1. The highest BCUT2D eigenvalue weighted by atomic mass is 32.2. The largest absolute Gasteiger partial charge is 0.493 e. The fourth-order valence-electron chi connectivity index (χ4n) is 3.62. The van der Waals surface area contributed by atoms with Crippen LogP contribution in [0.5, 0.6) is 11.5 Å². The van der Waals surface area contributed by atoms with Crippen LogP contribution in [0.25, 0.3) is 6.08 Å². The lowest BCUT2D eigenvalue weighted by atomic mass is 10.1. The molecule has 2 heterocycles. The summed E-state index contributed by atoms with van der Waals surface area (Å²) in [7, 11) is 1.48. The second-order valence-corrected chi connectivity index (χ2v) is 8.91. The molecule has 0 bridgehead atoms. The Kier molecular flexibility index (Phi) is 7.54. The van der Waals surface area contributed by atoms with E-state index in [1.807, 2.05) is 30.3 Å². The second kappa shape index (κ2) is 10.8. The highest BCUT2D eigenvalue weighted by molar-refractivity contribution is 8.18. The summed E-state index contributed by atoms with van der Waals surface area (Å²) in [4.78, 5) is 31.4. The monoisotopic (exact) mass is 482 g/mol. The van der Waals surface area contributed by atoms with Crippen molar-refractivity contribution in [3.05, 3.63) is 59.0 Å². The number of amides is 1. The number of ether oxygens (including phenoxy) is 3. The molecule has 0 unspecified atom stereocenters. The summed E-state index contributed by atoms with van der Waals surface area (Å²) in [5, 5.41) is 9.71. The molecule has 0 radical (unpaired) electrons. The Bertz CT molecular complexity index is 1110. The van der Waals surface area contributed by atoms with E-state index in [9.17, 15) is 9.59 Å². The van der Waals surface area contributed by atoms with Gasteiger partial charge in [0, 0.05) is 6.61 Å². The number of amidine groups is 1. The molecule has 2 atom stereocenters. The Hall–Kier alpha value is -3.30. The number of aliphatic carboxylic acids is 1. The Morgan fingerprint density at radius 3 is 2.76 bits per heavy atom. The van der Waals surface area contributed by atoms with Crippen molar-refractivity contribution in [1.29, 1.82) is 0 Å². The van der Waals surface area contributed by atoms with Crippen LogP contribution in [0.3, 0.4) is 0 Å². The molecule has 0 saturated carbocycles. The fourth-order valence-corrected chi connectivity index (χ4v) is 4.63. The molecule has 0 aromatic heterocycles. The number of carboxylic acid groups (broad SMARTS) is 1. The van der Waals surface area contributed by atoms with Gasteiger partial charge in [0.05, 0.1) is 30.4 Å². The third kappa shape index (κ3) is 5.60. The number of carbonyl (C=O) groups is 2. The van der Waals surface area contributed by atoms with Crippen LogP contribution in [-0.2, 0) is 14.3 Å². The van der Waals surface area contributed by atoms with E-state index in [1.165, 1.54) is 25.8 Å². The first-order valence-corrected chi connectivity index (χ1v) is 11.8. The van der Waals surface area contributed by atoms with Gasteiger partial charge in [0.15, 0.2) is 22.8 Å². The zero-order valence-corrected chi connectivity index (χ0v) is 19.8. The number of thioether (sulfide) groups is 1. The summed E-state index contributed by atoms with van der Waals surface area (Å²) in [6.45, 7) is 2.61. The molecule has 2 aliphatic heterocycles. The number of benzene rings is 2. The van der Waals surface area contributed by atoms with Gasteiger partial charge in [-0.15, -0.1) is 0 Å². The van der Waals surface area contributed by atoms with Crippen molar-refractivity contribution in [1.82, 2.24) is 4.90 Å². The molecule has 0 aliphatic carbocycles. The SMILES string of the molecule is COc1cc(/C=C2\SC(=Nc3ccccc3)N(C[C@H]3CCCO3)C2=O)ccc1O[C@@H](C)C(=O)O. The maximum Gasteiger partial charge on any atom is 0.344 e. The van der Waals surface area contributed by atoms with Crippen LogP contribution in [0.2, 0.25) is 0 Å². The van der Waals surface area contributed by atoms with E-state index >= 15 is 0 Å². The molecular formula is C25H26N2O6S. The summed E-state index contributed by atoms with van der Waals surface area (Å²) in [5.41, 5.74) is 1.49. The lowest BCUT2D eigenvalue weighted by Gasteiger charge is -2.19. The van der Waals surface area contributed by atoms with Gasteiger partial charge in [-0.3, -0.25) is 9.69 Å². The number of rotatable bonds is 8. The standard InChI is InChI=1S/C25H26N2O6S/c1-16(24(29)30)33-20-11-10-17(13-21(20)31-2)14-22-23(28)27(15-19-9-6-12-32-19)25(34-22)26-18-7-4-3-5-8-18/h3-5,7-8,10-11,13-14,16,19H,6,9,12,15H2,1-2H3,(H,29,30)/b22-14-,26-25?/t16-,19+/m0/s1. The third-order valence-electron chi connectivity index (χ3n) is 5.42. The number of carbonyl (C=O) groups excluding carboxylic acids is 1. The van der Waals surface area contributed by atoms with E-state index in [2.05, 4.69) is 0 Å². The molecule has 1 N–H and O–H groups in total. The number of aliphatic imine (C=N–C) groups is 1. The molecule has 4 rings (SSSR count). The lowest BCUT2D eigenvalue weighted by Crippen LogP contribution is -2.36. The summed E-state index contributed by atoms with van der Waals surface area (Å²) >= 11 is 1.31. The smallest absolute Gasteiger partial charge is 0.344 e. The van der Waals surface area contributed by atoms with Crippen LogP contribution in [0.4, 0.5) is 5.69 Å². The normalized spacial score (nSPS) is 21.3. The predicted molar refractivity (Wildman–Crippen MR) is 131 cm³/mol. The number of carboxylic acids is 1. The number of methoxy groups -OCH3 is 1. The highest BCUT2D eigenvalue weighted by Crippen LogP contribution is 2.36.